The van der Waals surface area contributed by atoms with Gasteiger partial charge in [0.2, 0.25) is 0 Å². The largest absolute Gasteiger partial charge is 0.293 e. The maximum Gasteiger partial charge on any atom is 0.131 e. The van der Waals surface area contributed by atoms with E-state index >= 15 is 0 Å². The molecule has 134 valence electrons. The third kappa shape index (κ3) is 3.95. The van der Waals surface area contributed by atoms with Gasteiger partial charge in [-0.2, -0.15) is 0 Å². The van der Waals surface area contributed by atoms with Gasteiger partial charge in [-0.1, -0.05) is 30.0 Å². The summed E-state index contributed by atoms with van der Waals surface area (Å²) in [5, 5.41) is 0. The van der Waals surface area contributed by atoms with Crippen molar-refractivity contribution in [2.45, 2.75) is 38.3 Å². The van der Waals surface area contributed by atoms with E-state index in [1.54, 1.807) is 11.3 Å². The Balaban J connectivity index is 1.24. The average Bonchev–Trinajstić information content (AvgIpc) is 3.47. The number of fused-ring (bicyclic) bond motifs is 1. The predicted octanol–water partition coefficient (Wildman–Crippen LogP) is 4.37. The maximum atomic E-state index is 4.82. The average molecular weight is 372 g/mol. The summed E-state index contributed by atoms with van der Waals surface area (Å²) in [5.41, 5.74) is 3.63. The van der Waals surface area contributed by atoms with Crippen molar-refractivity contribution >= 4 is 11.3 Å². The molecule has 4 heteroatoms. The summed E-state index contributed by atoms with van der Waals surface area (Å²) in [5.74, 6) is 8.23. The second-order valence-electron chi connectivity index (χ2n) is 7.32. The van der Waals surface area contributed by atoms with Crippen LogP contribution in [0.1, 0.15) is 51.2 Å². The molecule has 1 aliphatic carbocycles. The van der Waals surface area contributed by atoms with Gasteiger partial charge in [-0.05, 0) is 37.1 Å². The number of thiophene rings is 1. The molecule has 3 nitrogen and oxygen atoms in total. The van der Waals surface area contributed by atoms with Crippen LogP contribution in [0.5, 0.6) is 0 Å². The highest BCUT2D eigenvalue weighted by Crippen LogP contribution is 2.38. The number of aromatic nitrogens is 2. The zero-order valence-corrected chi connectivity index (χ0v) is 16.0. The van der Waals surface area contributed by atoms with E-state index in [0.717, 1.165) is 42.3 Å². The second kappa shape index (κ2) is 7.26. The molecule has 0 N–H and O–H groups in total. The molecule has 0 bridgehead atoms. The van der Waals surface area contributed by atoms with E-state index in [2.05, 4.69) is 40.1 Å². The van der Waals surface area contributed by atoms with Crippen molar-refractivity contribution in [1.82, 2.24) is 14.9 Å². The number of hydrogen-bond acceptors (Lipinski definition) is 4. The summed E-state index contributed by atoms with van der Waals surface area (Å²) in [4.78, 5) is 14.4. The Labute approximate surface area is 164 Å². The first-order valence-electron chi connectivity index (χ1n) is 9.56. The lowest BCUT2D eigenvalue weighted by atomic mass is 10.1. The molecule has 0 atom stereocenters. The van der Waals surface area contributed by atoms with Crippen LogP contribution in [0, 0.1) is 11.8 Å². The van der Waals surface area contributed by atoms with Gasteiger partial charge in [-0.25, -0.2) is 9.97 Å². The standard InChI is InChI=1S/C23H21N3S/c1-2-4-17(5-3-1)6-9-20-10-11-21(27-20)16-26-13-12-22-19(15-26)14-24-23(25-22)18-7-8-18/h1-5,10-11,14,18H,7-8,12-13,15-16H2. The van der Waals surface area contributed by atoms with Crippen LogP contribution < -0.4 is 0 Å². The number of rotatable bonds is 3. The molecule has 3 heterocycles. The van der Waals surface area contributed by atoms with Gasteiger partial charge in [0.25, 0.3) is 0 Å². The lowest BCUT2D eigenvalue weighted by Gasteiger charge is -2.27. The van der Waals surface area contributed by atoms with E-state index in [-0.39, 0.29) is 0 Å². The molecule has 1 aromatic carbocycles. The van der Waals surface area contributed by atoms with Crippen LogP contribution >= 0.6 is 11.3 Å². The summed E-state index contributed by atoms with van der Waals surface area (Å²) in [6.07, 6.45) is 5.62. The van der Waals surface area contributed by atoms with Crippen molar-refractivity contribution < 1.29 is 0 Å². The minimum absolute atomic E-state index is 0.634. The Bertz CT molecular complexity index is 1010. The third-order valence-electron chi connectivity index (χ3n) is 5.12. The van der Waals surface area contributed by atoms with Gasteiger partial charge in [0.1, 0.15) is 5.82 Å². The molecule has 27 heavy (non-hydrogen) atoms. The van der Waals surface area contributed by atoms with Crippen molar-refractivity contribution in [2.75, 3.05) is 6.54 Å². The van der Waals surface area contributed by atoms with E-state index < -0.39 is 0 Å². The summed E-state index contributed by atoms with van der Waals surface area (Å²) < 4.78 is 0. The SMILES string of the molecule is C(#Cc1ccc(CN2CCc3nc(C4CC4)ncc3C2)s1)c1ccccc1. The summed E-state index contributed by atoms with van der Waals surface area (Å²) >= 11 is 1.80. The molecule has 0 unspecified atom stereocenters. The normalized spacial score (nSPS) is 16.4. The highest BCUT2D eigenvalue weighted by Gasteiger charge is 2.28. The molecule has 3 aromatic rings. The van der Waals surface area contributed by atoms with Crippen molar-refractivity contribution in [3.63, 3.8) is 0 Å². The quantitative estimate of drug-likeness (QED) is 0.640. The Morgan fingerprint density at radius 1 is 1.07 bits per heavy atom. The Hall–Kier alpha value is -2.48. The number of benzene rings is 1. The van der Waals surface area contributed by atoms with Gasteiger partial charge in [-0.15, -0.1) is 11.3 Å². The maximum absolute atomic E-state index is 4.82. The minimum Gasteiger partial charge on any atom is -0.293 e. The first-order chi connectivity index (χ1) is 13.3. The van der Waals surface area contributed by atoms with Crippen LogP contribution in [0.3, 0.4) is 0 Å². The summed E-state index contributed by atoms with van der Waals surface area (Å²) in [6, 6.07) is 14.5. The number of hydrogen-bond donors (Lipinski definition) is 0. The van der Waals surface area contributed by atoms with Crippen LogP contribution in [-0.4, -0.2) is 21.4 Å². The number of nitrogens with zero attached hydrogens (tertiary/aromatic N) is 3. The topological polar surface area (TPSA) is 29.0 Å². The predicted molar refractivity (Wildman–Crippen MR) is 109 cm³/mol. The molecule has 0 amide bonds. The van der Waals surface area contributed by atoms with Crippen LogP contribution in [0.4, 0.5) is 0 Å². The summed E-state index contributed by atoms with van der Waals surface area (Å²) in [6.45, 7) is 2.99. The van der Waals surface area contributed by atoms with Crippen molar-refractivity contribution in [3.05, 3.63) is 81.1 Å². The Morgan fingerprint density at radius 3 is 2.81 bits per heavy atom. The molecule has 1 aliphatic heterocycles. The van der Waals surface area contributed by atoms with Crippen LogP contribution in [-0.2, 0) is 19.5 Å². The van der Waals surface area contributed by atoms with E-state index in [9.17, 15) is 0 Å². The van der Waals surface area contributed by atoms with Gasteiger partial charge in [0.15, 0.2) is 0 Å². The Kier molecular flexibility index (Phi) is 4.49. The molecule has 1 saturated carbocycles. The monoisotopic (exact) mass is 371 g/mol. The molecule has 0 saturated heterocycles. The van der Waals surface area contributed by atoms with E-state index in [1.807, 2.05) is 30.3 Å². The Morgan fingerprint density at radius 2 is 1.96 bits per heavy atom. The van der Waals surface area contributed by atoms with Crippen molar-refractivity contribution in [2.24, 2.45) is 0 Å². The molecule has 0 spiro atoms. The summed E-state index contributed by atoms with van der Waals surface area (Å²) in [7, 11) is 0. The third-order valence-corrected chi connectivity index (χ3v) is 6.10. The second-order valence-corrected chi connectivity index (χ2v) is 8.49. The fourth-order valence-corrected chi connectivity index (χ4v) is 4.37. The van der Waals surface area contributed by atoms with Crippen molar-refractivity contribution in [3.8, 4) is 11.8 Å². The first kappa shape index (κ1) is 16.7. The first-order valence-corrected chi connectivity index (χ1v) is 10.4. The van der Waals surface area contributed by atoms with Gasteiger partial charge < -0.3 is 0 Å². The van der Waals surface area contributed by atoms with E-state index in [0.29, 0.717) is 5.92 Å². The molecular formula is C23H21N3S. The highest BCUT2D eigenvalue weighted by atomic mass is 32.1. The van der Waals surface area contributed by atoms with E-state index in [1.165, 1.54) is 29.0 Å². The van der Waals surface area contributed by atoms with E-state index in [4.69, 9.17) is 4.98 Å². The molecular weight excluding hydrogens is 350 g/mol. The lowest BCUT2D eigenvalue weighted by Crippen LogP contribution is -2.30. The molecule has 1 fully saturated rings. The van der Waals surface area contributed by atoms with Gasteiger partial charge in [0.05, 0.1) is 4.88 Å². The lowest BCUT2D eigenvalue weighted by molar-refractivity contribution is 0.244. The minimum atomic E-state index is 0.634. The van der Waals surface area contributed by atoms with Crippen molar-refractivity contribution in [1.29, 1.82) is 0 Å². The zero-order valence-electron chi connectivity index (χ0n) is 15.2. The van der Waals surface area contributed by atoms with Crippen LogP contribution in [0.15, 0.2) is 48.7 Å². The van der Waals surface area contributed by atoms with Gasteiger partial charge >= 0.3 is 0 Å². The molecule has 2 aromatic heterocycles. The molecule has 5 rings (SSSR count). The molecule has 2 aliphatic rings. The van der Waals surface area contributed by atoms with Crippen LogP contribution in [0.25, 0.3) is 0 Å². The van der Waals surface area contributed by atoms with Gasteiger partial charge in [-0.3, -0.25) is 4.90 Å². The smallest absolute Gasteiger partial charge is 0.131 e. The highest BCUT2D eigenvalue weighted by molar-refractivity contribution is 7.12. The fourth-order valence-electron chi connectivity index (χ4n) is 3.47. The fraction of sp³-hybridized carbons (Fsp3) is 0.304. The zero-order chi connectivity index (χ0) is 18.1. The van der Waals surface area contributed by atoms with Crippen LogP contribution in [0.2, 0.25) is 0 Å². The molecule has 0 radical (unpaired) electrons. The van der Waals surface area contributed by atoms with Gasteiger partial charge in [0, 0.05) is 59.9 Å².